The zero-order chi connectivity index (χ0) is 16.8. The summed E-state index contributed by atoms with van der Waals surface area (Å²) in [5, 5.41) is 3.96. The fourth-order valence-electron chi connectivity index (χ4n) is 2.74. The largest absolute Gasteiger partial charge is 0.377 e. The molecular formula is C17H22N4O3. The number of hydrogen-bond donors (Lipinski definition) is 0. The van der Waals surface area contributed by atoms with Gasteiger partial charge in [-0.15, -0.1) is 0 Å². The standard InChI is InChI=1S/C17H22N4O3/c1-13-12-21(9-4-10-23-13)16(22)7-2-6-15-19-17(20-24-15)14-5-3-8-18-11-14/h3,5,8,11,13H,2,4,6-7,9-10,12H2,1H3/t13-/m0/s1. The van der Waals surface area contributed by atoms with E-state index in [-0.39, 0.29) is 12.0 Å². The van der Waals surface area contributed by atoms with Crippen molar-refractivity contribution < 1.29 is 14.1 Å². The van der Waals surface area contributed by atoms with Crippen LogP contribution < -0.4 is 0 Å². The van der Waals surface area contributed by atoms with Gasteiger partial charge < -0.3 is 14.2 Å². The Hall–Kier alpha value is -2.28. The van der Waals surface area contributed by atoms with Crippen molar-refractivity contribution in [3.8, 4) is 11.4 Å². The van der Waals surface area contributed by atoms with Gasteiger partial charge in [0, 0.05) is 50.5 Å². The lowest BCUT2D eigenvalue weighted by atomic mass is 10.2. The minimum Gasteiger partial charge on any atom is -0.377 e. The molecule has 0 unspecified atom stereocenters. The third-order valence-corrected chi connectivity index (χ3v) is 3.97. The van der Waals surface area contributed by atoms with Gasteiger partial charge in [-0.25, -0.2) is 0 Å². The third kappa shape index (κ3) is 4.38. The van der Waals surface area contributed by atoms with Crippen molar-refractivity contribution in [3.05, 3.63) is 30.4 Å². The van der Waals surface area contributed by atoms with Crippen molar-refractivity contribution in [2.75, 3.05) is 19.7 Å². The molecule has 0 aliphatic carbocycles. The SMILES string of the molecule is C[C@H]1CN(C(=O)CCCc2nc(-c3cccnc3)no2)CCCO1. The molecule has 0 saturated carbocycles. The molecule has 0 radical (unpaired) electrons. The minimum atomic E-state index is 0.106. The van der Waals surface area contributed by atoms with E-state index in [4.69, 9.17) is 9.26 Å². The second kappa shape index (κ2) is 8.01. The van der Waals surface area contributed by atoms with Crippen LogP contribution in [0.5, 0.6) is 0 Å². The number of hydrogen-bond acceptors (Lipinski definition) is 6. The first-order valence-electron chi connectivity index (χ1n) is 8.35. The predicted molar refractivity (Wildman–Crippen MR) is 87.1 cm³/mol. The Labute approximate surface area is 141 Å². The van der Waals surface area contributed by atoms with Gasteiger partial charge >= 0.3 is 0 Å². The zero-order valence-electron chi connectivity index (χ0n) is 13.9. The van der Waals surface area contributed by atoms with Gasteiger partial charge in [0.05, 0.1) is 6.10 Å². The highest BCUT2D eigenvalue weighted by Crippen LogP contribution is 2.15. The highest BCUT2D eigenvalue weighted by atomic mass is 16.5. The summed E-state index contributed by atoms with van der Waals surface area (Å²) in [7, 11) is 0. The van der Waals surface area contributed by atoms with Crippen molar-refractivity contribution >= 4 is 5.91 Å². The molecule has 1 aliphatic rings. The number of rotatable bonds is 5. The lowest BCUT2D eigenvalue weighted by Gasteiger charge is -2.22. The van der Waals surface area contributed by atoms with E-state index < -0.39 is 0 Å². The van der Waals surface area contributed by atoms with Crippen LogP contribution in [-0.2, 0) is 16.0 Å². The van der Waals surface area contributed by atoms with Crippen LogP contribution in [-0.4, -0.2) is 51.7 Å². The fourth-order valence-corrected chi connectivity index (χ4v) is 2.74. The molecule has 128 valence electrons. The summed E-state index contributed by atoms with van der Waals surface area (Å²) in [6, 6.07) is 3.71. The molecule has 24 heavy (non-hydrogen) atoms. The number of amides is 1. The number of ether oxygens (including phenoxy) is 1. The first-order chi connectivity index (χ1) is 11.7. The number of pyridine rings is 1. The number of nitrogens with zero attached hydrogens (tertiary/aromatic N) is 4. The van der Waals surface area contributed by atoms with Crippen molar-refractivity contribution in [2.45, 2.75) is 38.7 Å². The van der Waals surface area contributed by atoms with Gasteiger partial charge in [-0.1, -0.05) is 5.16 Å². The summed E-state index contributed by atoms with van der Waals surface area (Å²) in [4.78, 5) is 22.6. The summed E-state index contributed by atoms with van der Waals surface area (Å²) >= 11 is 0. The molecule has 0 spiro atoms. The summed E-state index contributed by atoms with van der Waals surface area (Å²) in [6.07, 6.45) is 6.17. The molecule has 3 heterocycles. The first kappa shape index (κ1) is 16.6. The van der Waals surface area contributed by atoms with E-state index in [0.717, 1.165) is 25.1 Å². The Morgan fingerprint density at radius 3 is 3.21 bits per heavy atom. The Morgan fingerprint density at radius 1 is 1.46 bits per heavy atom. The molecule has 1 atom stereocenters. The van der Waals surface area contributed by atoms with Crippen LogP contribution in [0.3, 0.4) is 0 Å². The van der Waals surface area contributed by atoms with Crippen LogP contribution in [0.4, 0.5) is 0 Å². The lowest BCUT2D eigenvalue weighted by molar-refractivity contribution is -0.132. The van der Waals surface area contributed by atoms with E-state index in [0.29, 0.717) is 37.5 Å². The van der Waals surface area contributed by atoms with Gasteiger partial charge in [0.2, 0.25) is 17.6 Å². The smallest absolute Gasteiger partial charge is 0.226 e. The molecule has 1 saturated heterocycles. The molecule has 0 N–H and O–H groups in total. The van der Waals surface area contributed by atoms with E-state index >= 15 is 0 Å². The second-order valence-corrected chi connectivity index (χ2v) is 5.98. The van der Waals surface area contributed by atoms with Crippen LogP contribution in [0.25, 0.3) is 11.4 Å². The Kier molecular flexibility index (Phi) is 5.53. The maximum atomic E-state index is 12.3. The molecule has 1 amide bonds. The van der Waals surface area contributed by atoms with Gasteiger partial charge in [0.1, 0.15) is 0 Å². The second-order valence-electron chi connectivity index (χ2n) is 5.98. The molecule has 3 rings (SSSR count). The Balaban J connectivity index is 1.48. The normalized spacial score (nSPS) is 18.4. The average molecular weight is 330 g/mol. The van der Waals surface area contributed by atoms with E-state index in [1.54, 1.807) is 12.4 Å². The predicted octanol–water partition coefficient (Wildman–Crippen LogP) is 2.09. The van der Waals surface area contributed by atoms with Crippen LogP contribution in [0.2, 0.25) is 0 Å². The maximum absolute atomic E-state index is 12.3. The van der Waals surface area contributed by atoms with Gasteiger partial charge in [-0.05, 0) is 31.9 Å². The third-order valence-electron chi connectivity index (χ3n) is 3.97. The molecule has 2 aromatic rings. The van der Waals surface area contributed by atoms with E-state index in [1.807, 2.05) is 24.0 Å². The Bertz CT molecular complexity index is 659. The maximum Gasteiger partial charge on any atom is 0.226 e. The minimum absolute atomic E-state index is 0.106. The summed E-state index contributed by atoms with van der Waals surface area (Å²) in [5.41, 5.74) is 0.821. The molecular weight excluding hydrogens is 308 g/mol. The molecule has 1 aliphatic heterocycles. The molecule has 0 aromatic carbocycles. The molecule has 1 fully saturated rings. The van der Waals surface area contributed by atoms with Crippen molar-refractivity contribution in [1.29, 1.82) is 0 Å². The van der Waals surface area contributed by atoms with Crippen LogP contribution >= 0.6 is 0 Å². The summed E-state index contributed by atoms with van der Waals surface area (Å²) in [6.45, 7) is 4.17. The van der Waals surface area contributed by atoms with Crippen molar-refractivity contribution in [3.63, 3.8) is 0 Å². The number of aryl methyl sites for hydroxylation is 1. The fraction of sp³-hybridized carbons (Fsp3) is 0.529. The van der Waals surface area contributed by atoms with Gasteiger partial charge in [-0.2, -0.15) is 4.98 Å². The van der Waals surface area contributed by atoms with Gasteiger partial charge in [0.15, 0.2) is 0 Å². The summed E-state index contributed by atoms with van der Waals surface area (Å²) in [5.74, 6) is 1.25. The molecule has 7 nitrogen and oxygen atoms in total. The van der Waals surface area contributed by atoms with Crippen LogP contribution in [0.1, 0.15) is 32.1 Å². The average Bonchev–Trinajstić information content (AvgIpc) is 2.96. The van der Waals surface area contributed by atoms with Crippen molar-refractivity contribution in [1.82, 2.24) is 20.0 Å². The van der Waals surface area contributed by atoms with Crippen LogP contribution in [0, 0.1) is 0 Å². The quantitative estimate of drug-likeness (QED) is 0.835. The monoisotopic (exact) mass is 330 g/mol. The number of aromatic nitrogens is 3. The number of carbonyl (C=O) groups is 1. The zero-order valence-corrected chi connectivity index (χ0v) is 13.9. The van der Waals surface area contributed by atoms with E-state index in [1.165, 1.54) is 0 Å². The van der Waals surface area contributed by atoms with Gasteiger partial charge in [-0.3, -0.25) is 9.78 Å². The highest BCUT2D eigenvalue weighted by molar-refractivity contribution is 5.76. The first-order valence-corrected chi connectivity index (χ1v) is 8.35. The van der Waals surface area contributed by atoms with E-state index in [9.17, 15) is 4.79 Å². The Morgan fingerprint density at radius 2 is 2.38 bits per heavy atom. The van der Waals surface area contributed by atoms with Gasteiger partial charge in [0.25, 0.3) is 0 Å². The summed E-state index contributed by atoms with van der Waals surface area (Å²) < 4.78 is 10.8. The van der Waals surface area contributed by atoms with Crippen molar-refractivity contribution in [2.24, 2.45) is 0 Å². The van der Waals surface area contributed by atoms with Crippen LogP contribution in [0.15, 0.2) is 29.0 Å². The van der Waals surface area contributed by atoms with E-state index in [2.05, 4.69) is 15.1 Å². The highest BCUT2D eigenvalue weighted by Gasteiger charge is 2.19. The lowest BCUT2D eigenvalue weighted by Crippen LogP contribution is -2.35. The number of carbonyl (C=O) groups excluding carboxylic acids is 1. The topological polar surface area (TPSA) is 81.4 Å². The molecule has 0 bridgehead atoms. The molecule has 7 heteroatoms. The molecule has 2 aromatic heterocycles.